The van der Waals surface area contributed by atoms with Crippen molar-refractivity contribution >= 4 is 28.8 Å². The van der Waals surface area contributed by atoms with E-state index in [-0.39, 0.29) is 23.8 Å². The third-order valence-electron chi connectivity index (χ3n) is 6.00. The largest absolute Gasteiger partial charge is 0.370 e. The predicted octanol–water partition coefficient (Wildman–Crippen LogP) is 2.20. The second kappa shape index (κ2) is 8.67. The Labute approximate surface area is 180 Å². The first-order valence-electron chi connectivity index (χ1n) is 10.5. The summed E-state index contributed by atoms with van der Waals surface area (Å²) in [4.78, 5) is 35.7. The normalized spacial score (nSPS) is 19.9. The molecular formula is C21H28N6O2S. The summed E-state index contributed by atoms with van der Waals surface area (Å²) in [7, 11) is 3.51. The lowest BCUT2D eigenvalue weighted by atomic mass is 9.94. The summed E-state index contributed by atoms with van der Waals surface area (Å²) in [5.74, 6) is 0.143. The number of carbonyl (C=O) groups is 2. The van der Waals surface area contributed by atoms with Crippen molar-refractivity contribution in [3.8, 4) is 10.6 Å². The molecule has 0 spiro atoms. The molecule has 2 aliphatic heterocycles. The Kier molecular flexibility index (Phi) is 5.99. The lowest BCUT2D eigenvalue weighted by Crippen LogP contribution is -2.49. The number of rotatable bonds is 4. The van der Waals surface area contributed by atoms with Gasteiger partial charge < -0.3 is 14.7 Å². The molecule has 9 heteroatoms. The first kappa shape index (κ1) is 20.7. The maximum atomic E-state index is 13.2. The minimum Gasteiger partial charge on any atom is -0.370 e. The number of likely N-dealkylation sites (tertiary alicyclic amines) is 1. The SMILES string of the molecule is Cc1nnc(-c2ccncc2N2CCC(C(=O)N3CCC[C@@H]3C(=O)N(C)C)CC2)s1. The van der Waals surface area contributed by atoms with E-state index in [1.165, 1.54) is 0 Å². The van der Waals surface area contributed by atoms with E-state index in [0.29, 0.717) is 6.54 Å². The highest BCUT2D eigenvalue weighted by Crippen LogP contribution is 2.35. The molecule has 0 aromatic carbocycles. The van der Waals surface area contributed by atoms with Crippen LogP contribution in [0.25, 0.3) is 10.6 Å². The van der Waals surface area contributed by atoms with E-state index in [9.17, 15) is 9.59 Å². The van der Waals surface area contributed by atoms with Crippen LogP contribution < -0.4 is 4.90 Å². The Morgan fingerprint density at radius 2 is 1.90 bits per heavy atom. The smallest absolute Gasteiger partial charge is 0.244 e. The lowest BCUT2D eigenvalue weighted by Gasteiger charge is -2.36. The summed E-state index contributed by atoms with van der Waals surface area (Å²) in [5, 5.41) is 10.3. The quantitative estimate of drug-likeness (QED) is 0.743. The number of carbonyl (C=O) groups excluding carboxylic acids is 2. The van der Waals surface area contributed by atoms with E-state index in [2.05, 4.69) is 20.1 Å². The monoisotopic (exact) mass is 428 g/mol. The molecule has 0 bridgehead atoms. The van der Waals surface area contributed by atoms with Crippen LogP contribution in [-0.4, -0.2) is 76.6 Å². The van der Waals surface area contributed by atoms with E-state index < -0.39 is 0 Å². The summed E-state index contributed by atoms with van der Waals surface area (Å²) in [5.41, 5.74) is 2.08. The number of amides is 2. The number of aromatic nitrogens is 3. The van der Waals surface area contributed by atoms with E-state index >= 15 is 0 Å². The summed E-state index contributed by atoms with van der Waals surface area (Å²) in [6.07, 6.45) is 6.88. The van der Waals surface area contributed by atoms with E-state index in [4.69, 9.17) is 0 Å². The van der Waals surface area contributed by atoms with Gasteiger partial charge in [-0.2, -0.15) is 0 Å². The molecule has 4 rings (SSSR count). The molecule has 0 unspecified atom stereocenters. The van der Waals surface area contributed by atoms with Gasteiger partial charge in [-0.25, -0.2) is 0 Å². The van der Waals surface area contributed by atoms with Crippen molar-refractivity contribution in [1.29, 1.82) is 0 Å². The fraction of sp³-hybridized carbons (Fsp3) is 0.571. The second-order valence-corrected chi connectivity index (χ2v) is 9.38. The Bertz CT molecular complexity index is 922. The number of likely N-dealkylation sites (N-methyl/N-ethyl adjacent to an activating group) is 1. The molecule has 30 heavy (non-hydrogen) atoms. The molecule has 160 valence electrons. The highest BCUT2D eigenvalue weighted by atomic mass is 32.1. The molecule has 2 amide bonds. The number of hydrogen-bond donors (Lipinski definition) is 0. The van der Waals surface area contributed by atoms with Crippen LogP contribution >= 0.6 is 11.3 Å². The molecule has 0 radical (unpaired) electrons. The van der Waals surface area contributed by atoms with Crippen LogP contribution in [0.3, 0.4) is 0 Å². The van der Waals surface area contributed by atoms with Crippen LogP contribution in [0.5, 0.6) is 0 Å². The van der Waals surface area contributed by atoms with E-state index in [1.54, 1.807) is 36.5 Å². The van der Waals surface area contributed by atoms with Gasteiger partial charge in [0.15, 0.2) is 0 Å². The van der Waals surface area contributed by atoms with Gasteiger partial charge in [0.25, 0.3) is 0 Å². The van der Waals surface area contributed by atoms with Crippen LogP contribution in [-0.2, 0) is 9.59 Å². The summed E-state index contributed by atoms with van der Waals surface area (Å²) >= 11 is 1.57. The fourth-order valence-electron chi connectivity index (χ4n) is 4.41. The molecule has 1 atom stereocenters. The number of piperidine rings is 1. The highest BCUT2D eigenvalue weighted by Gasteiger charge is 2.38. The zero-order chi connectivity index (χ0) is 21.3. The van der Waals surface area contributed by atoms with Gasteiger partial charge >= 0.3 is 0 Å². The zero-order valence-electron chi connectivity index (χ0n) is 17.7. The van der Waals surface area contributed by atoms with Crippen molar-refractivity contribution in [2.24, 2.45) is 5.92 Å². The number of nitrogens with zero attached hydrogens (tertiary/aromatic N) is 6. The van der Waals surface area contributed by atoms with Crippen molar-refractivity contribution in [1.82, 2.24) is 25.0 Å². The number of hydrogen-bond acceptors (Lipinski definition) is 7. The molecule has 2 aromatic rings. The van der Waals surface area contributed by atoms with Crippen LogP contribution in [0.2, 0.25) is 0 Å². The Morgan fingerprint density at radius 1 is 1.13 bits per heavy atom. The third-order valence-corrected chi connectivity index (χ3v) is 6.88. The molecule has 0 aliphatic carbocycles. The first-order chi connectivity index (χ1) is 14.5. The Hall–Kier alpha value is -2.55. The fourth-order valence-corrected chi connectivity index (χ4v) is 5.14. The minimum atomic E-state index is -0.295. The van der Waals surface area contributed by atoms with Gasteiger partial charge in [-0.1, -0.05) is 11.3 Å². The van der Waals surface area contributed by atoms with Crippen LogP contribution in [0.4, 0.5) is 5.69 Å². The van der Waals surface area contributed by atoms with Gasteiger partial charge in [-0.05, 0) is 38.7 Å². The maximum absolute atomic E-state index is 13.2. The Morgan fingerprint density at radius 3 is 2.57 bits per heavy atom. The van der Waals surface area contributed by atoms with Gasteiger partial charge in [0.1, 0.15) is 16.1 Å². The molecule has 2 aliphatic rings. The molecule has 0 saturated carbocycles. The van der Waals surface area contributed by atoms with E-state index in [0.717, 1.165) is 60.0 Å². The average Bonchev–Trinajstić information content (AvgIpc) is 3.42. The van der Waals surface area contributed by atoms with Crippen molar-refractivity contribution in [2.75, 3.05) is 38.6 Å². The average molecular weight is 429 g/mol. The topological polar surface area (TPSA) is 82.5 Å². The zero-order valence-corrected chi connectivity index (χ0v) is 18.6. The first-order valence-corrected chi connectivity index (χ1v) is 11.3. The van der Waals surface area contributed by atoms with Crippen LogP contribution in [0.15, 0.2) is 18.5 Å². The third kappa shape index (κ3) is 4.03. The summed E-state index contributed by atoms with van der Waals surface area (Å²) in [6.45, 7) is 4.21. The highest BCUT2D eigenvalue weighted by molar-refractivity contribution is 7.14. The standard InChI is InChI=1S/C21H28N6O2S/c1-14-23-24-19(30-14)16-6-9-22-13-18(16)26-11-7-15(8-12-26)20(28)27-10-4-5-17(27)21(29)25(2)3/h6,9,13,15,17H,4-5,7-8,10-12H2,1-3H3/t17-/m1/s1. The molecule has 4 heterocycles. The predicted molar refractivity (Wildman–Crippen MR) is 116 cm³/mol. The van der Waals surface area contributed by atoms with E-state index in [1.807, 2.05) is 24.1 Å². The minimum absolute atomic E-state index is 0.0271. The number of aryl methyl sites for hydroxylation is 1. The summed E-state index contributed by atoms with van der Waals surface area (Å²) in [6, 6.07) is 1.69. The molecule has 0 N–H and O–H groups in total. The van der Waals surface area contributed by atoms with Crippen molar-refractivity contribution in [3.05, 3.63) is 23.5 Å². The molecule has 2 aromatic heterocycles. The molecule has 2 saturated heterocycles. The summed E-state index contributed by atoms with van der Waals surface area (Å²) < 4.78 is 0. The number of pyridine rings is 1. The van der Waals surface area contributed by atoms with Gasteiger partial charge in [-0.15, -0.1) is 10.2 Å². The van der Waals surface area contributed by atoms with Crippen molar-refractivity contribution in [3.63, 3.8) is 0 Å². The van der Waals surface area contributed by atoms with Gasteiger partial charge in [0.05, 0.1) is 11.9 Å². The van der Waals surface area contributed by atoms with Crippen molar-refractivity contribution in [2.45, 2.75) is 38.6 Å². The van der Waals surface area contributed by atoms with Gasteiger partial charge in [-0.3, -0.25) is 14.6 Å². The Balaban J connectivity index is 1.44. The van der Waals surface area contributed by atoms with Gasteiger partial charge in [0.2, 0.25) is 11.8 Å². The molecular weight excluding hydrogens is 400 g/mol. The van der Waals surface area contributed by atoms with Gasteiger partial charge in [0, 0.05) is 51.4 Å². The number of anilines is 1. The maximum Gasteiger partial charge on any atom is 0.244 e. The second-order valence-electron chi connectivity index (χ2n) is 8.20. The molecule has 2 fully saturated rings. The van der Waals surface area contributed by atoms with Crippen molar-refractivity contribution < 1.29 is 9.59 Å². The van der Waals surface area contributed by atoms with Crippen LogP contribution in [0, 0.1) is 12.8 Å². The molecule has 8 nitrogen and oxygen atoms in total. The lowest BCUT2D eigenvalue weighted by molar-refractivity contribution is -0.145. The van der Waals surface area contributed by atoms with Crippen LogP contribution in [0.1, 0.15) is 30.7 Å².